The normalized spacial score (nSPS) is 22.1. The van der Waals surface area contributed by atoms with Gasteiger partial charge in [0, 0.05) is 12.6 Å². The number of nitrogens with zero attached hydrogens (tertiary/aromatic N) is 2. The number of carbonyl (C=O) groups excluding carboxylic acids is 1. The smallest absolute Gasteiger partial charge is 0.237 e. The van der Waals surface area contributed by atoms with E-state index in [0.29, 0.717) is 12.6 Å². The molecular weight excluding hydrogens is 190 g/mol. The van der Waals surface area contributed by atoms with Crippen LogP contribution in [0.5, 0.6) is 0 Å². The zero-order valence-electron chi connectivity index (χ0n) is 10.3. The number of amides is 1. The molecule has 4 nitrogen and oxygen atoms in total. The molecule has 0 aliphatic carbocycles. The fourth-order valence-electron chi connectivity index (χ4n) is 1.73. The van der Waals surface area contributed by atoms with Crippen LogP contribution in [0.25, 0.3) is 0 Å². The molecule has 0 spiro atoms. The van der Waals surface area contributed by atoms with E-state index in [1.54, 1.807) is 0 Å². The van der Waals surface area contributed by atoms with Crippen LogP contribution in [-0.4, -0.2) is 54.6 Å². The molecule has 1 N–H and O–H groups in total. The Hall–Kier alpha value is -0.610. The molecule has 1 aliphatic rings. The van der Waals surface area contributed by atoms with Gasteiger partial charge in [0.1, 0.15) is 0 Å². The van der Waals surface area contributed by atoms with Gasteiger partial charge in [-0.2, -0.15) is 0 Å². The van der Waals surface area contributed by atoms with Crippen LogP contribution in [0.1, 0.15) is 27.2 Å². The van der Waals surface area contributed by atoms with Crippen LogP contribution in [0.15, 0.2) is 0 Å². The summed E-state index contributed by atoms with van der Waals surface area (Å²) in [6.45, 7) is 8.83. The Morgan fingerprint density at radius 3 is 2.73 bits per heavy atom. The third-order valence-corrected chi connectivity index (χ3v) is 3.13. The number of hydrogen-bond donors (Lipinski definition) is 1. The van der Waals surface area contributed by atoms with Crippen LogP contribution in [0, 0.1) is 0 Å². The van der Waals surface area contributed by atoms with Crippen LogP contribution in [0.3, 0.4) is 0 Å². The highest BCUT2D eigenvalue weighted by molar-refractivity contribution is 5.80. The lowest BCUT2D eigenvalue weighted by Gasteiger charge is -2.24. The topological polar surface area (TPSA) is 35.6 Å². The highest BCUT2D eigenvalue weighted by atomic mass is 16.2. The monoisotopic (exact) mass is 213 g/mol. The van der Waals surface area contributed by atoms with Crippen molar-refractivity contribution in [3.05, 3.63) is 0 Å². The Morgan fingerprint density at radius 1 is 1.60 bits per heavy atom. The third kappa shape index (κ3) is 3.47. The summed E-state index contributed by atoms with van der Waals surface area (Å²) >= 11 is 0. The van der Waals surface area contributed by atoms with Gasteiger partial charge >= 0.3 is 0 Å². The first-order valence-electron chi connectivity index (χ1n) is 5.75. The van der Waals surface area contributed by atoms with E-state index in [0.717, 1.165) is 19.5 Å². The molecule has 1 atom stereocenters. The van der Waals surface area contributed by atoms with Gasteiger partial charge in [0.25, 0.3) is 0 Å². The molecule has 15 heavy (non-hydrogen) atoms. The average Bonchev–Trinajstić information content (AvgIpc) is 2.48. The minimum atomic E-state index is 0.210. The SMILES string of the molecule is CC(C)N(C)CCCN1C(=O)CNC1C. The highest BCUT2D eigenvalue weighted by Crippen LogP contribution is 2.05. The first-order valence-corrected chi connectivity index (χ1v) is 5.75. The van der Waals surface area contributed by atoms with Crippen molar-refractivity contribution < 1.29 is 4.79 Å². The zero-order valence-corrected chi connectivity index (χ0v) is 10.3. The molecule has 1 saturated heterocycles. The van der Waals surface area contributed by atoms with E-state index in [1.807, 2.05) is 11.8 Å². The molecule has 1 heterocycles. The van der Waals surface area contributed by atoms with Gasteiger partial charge in [0.2, 0.25) is 5.91 Å². The summed E-state index contributed by atoms with van der Waals surface area (Å²) < 4.78 is 0. The van der Waals surface area contributed by atoms with E-state index in [-0.39, 0.29) is 12.1 Å². The summed E-state index contributed by atoms with van der Waals surface area (Å²) in [6, 6.07) is 0.579. The Balaban J connectivity index is 2.22. The molecule has 1 unspecified atom stereocenters. The molecule has 0 saturated carbocycles. The number of nitrogens with one attached hydrogen (secondary N) is 1. The zero-order chi connectivity index (χ0) is 11.4. The van der Waals surface area contributed by atoms with E-state index in [2.05, 4.69) is 31.1 Å². The molecular formula is C11H23N3O. The lowest BCUT2D eigenvalue weighted by atomic mass is 10.3. The minimum absolute atomic E-state index is 0.210. The van der Waals surface area contributed by atoms with E-state index >= 15 is 0 Å². The second-order valence-corrected chi connectivity index (χ2v) is 4.57. The molecule has 4 heteroatoms. The lowest BCUT2D eigenvalue weighted by Crippen LogP contribution is -2.37. The second-order valence-electron chi connectivity index (χ2n) is 4.57. The van der Waals surface area contributed by atoms with Crippen molar-refractivity contribution in [2.45, 2.75) is 39.4 Å². The Kier molecular flexibility index (Phi) is 4.54. The van der Waals surface area contributed by atoms with Gasteiger partial charge in [-0.15, -0.1) is 0 Å². The Bertz CT molecular complexity index is 218. The largest absolute Gasteiger partial charge is 0.326 e. The molecule has 88 valence electrons. The predicted molar refractivity (Wildman–Crippen MR) is 61.6 cm³/mol. The molecule has 0 aromatic carbocycles. The lowest BCUT2D eigenvalue weighted by molar-refractivity contribution is -0.127. The average molecular weight is 213 g/mol. The molecule has 1 amide bonds. The van der Waals surface area contributed by atoms with Gasteiger partial charge in [0.15, 0.2) is 0 Å². The van der Waals surface area contributed by atoms with Crippen LogP contribution >= 0.6 is 0 Å². The molecule has 0 bridgehead atoms. The summed E-state index contributed by atoms with van der Waals surface area (Å²) in [6.07, 6.45) is 1.26. The molecule has 0 radical (unpaired) electrons. The maximum absolute atomic E-state index is 11.4. The van der Waals surface area contributed by atoms with E-state index in [1.165, 1.54) is 0 Å². The van der Waals surface area contributed by atoms with Gasteiger partial charge in [0.05, 0.1) is 12.7 Å². The van der Waals surface area contributed by atoms with Gasteiger partial charge in [-0.1, -0.05) is 0 Å². The summed E-state index contributed by atoms with van der Waals surface area (Å²) in [5.41, 5.74) is 0. The van der Waals surface area contributed by atoms with E-state index in [9.17, 15) is 4.79 Å². The van der Waals surface area contributed by atoms with Crippen LogP contribution < -0.4 is 5.32 Å². The minimum Gasteiger partial charge on any atom is -0.326 e. The van der Waals surface area contributed by atoms with E-state index < -0.39 is 0 Å². The molecule has 0 aromatic heterocycles. The first kappa shape index (κ1) is 12.5. The van der Waals surface area contributed by atoms with Crippen molar-refractivity contribution in [2.75, 3.05) is 26.7 Å². The van der Waals surface area contributed by atoms with E-state index in [4.69, 9.17) is 0 Å². The Labute approximate surface area is 92.6 Å². The van der Waals surface area contributed by atoms with Crippen molar-refractivity contribution in [3.63, 3.8) is 0 Å². The molecule has 1 aliphatic heterocycles. The number of carbonyl (C=O) groups is 1. The predicted octanol–water partition coefficient (Wildman–Crippen LogP) is 0.495. The third-order valence-electron chi connectivity index (χ3n) is 3.13. The summed E-state index contributed by atoms with van der Waals surface area (Å²) in [7, 11) is 2.12. The van der Waals surface area contributed by atoms with Gasteiger partial charge in [-0.05, 0) is 40.8 Å². The highest BCUT2D eigenvalue weighted by Gasteiger charge is 2.25. The first-order chi connectivity index (χ1) is 7.02. The summed E-state index contributed by atoms with van der Waals surface area (Å²) in [5, 5.41) is 3.14. The summed E-state index contributed by atoms with van der Waals surface area (Å²) in [4.78, 5) is 15.7. The maximum Gasteiger partial charge on any atom is 0.237 e. The van der Waals surface area contributed by atoms with Gasteiger partial charge < -0.3 is 9.80 Å². The van der Waals surface area contributed by atoms with Crippen LogP contribution in [0.4, 0.5) is 0 Å². The molecule has 1 fully saturated rings. The van der Waals surface area contributed by atoms with Crippen molar-refractivity contribution >= 4 is 5.91 Å². The molecule has 1 rings (SSSR count). The van der Waals surface area contributed by atoms with Gasteiger partial charge in [-0.25, -0.2) is 0 Å². The number of hydrogen-bond acceptors (Lipinski definition) is 3. The fourth-order valence-corrected chi connectivity index (χ4v) is 1.73. The maximum atomic E-state index is 11.4. The van der Waals surface area contributed by atoms with Crippen LogP contribution in [-0.2, 0) is 4.79 Å². The van der Waals surface area contributed by atoms with Crippen LogP contribution in [0.2, 0.25) is 0 Å². The van der Waals surface area contributed by atoms with Crippen molar-refractivity contribution in [1.82, 2.24) is 15.1 Å². The van der Waals surface area contributed by atoms with Crippen molar-refractivity contribution in [1.29, 1.82) is 0 Å². The second kappa shape index (κ2) is 5.47. The summed E-state index contributed by atoms with van der Waals surface area (Å²) in [5.74, 6) is 0.231. The van der Waals surface area contributed by atoms with Gasteiger partial charge in [-0.3, -0.25) is 10.1 Å². The van der Waals surface area contributed by atoms with Crippen molar-refractivity contribution in [3.8, 4) is 0 Å². The fraction of sp³-hybridized carbons (Fsp3) is 0.909. The standard InChI is InChI=1S/C11H23N3O/c1-9(2)13(4)6-5-7-14-10(3)12-8-11(14)15/h9-10,12H,5-8H2,1-4H3. The number of rotatable bonds is 5. The van der Waals surface area contributed by atoms with Crippen molar-refractivity contribution in [2.24, 2.45) is 0 Å². The quantitative estimate of drug-likeness (QED) is 0.722. The molecule has 0 aromatic rings. The Morgan fingerprint density at radius 2 is 2.27 bits per heavy atom.